The van der Waals surface area contributed by atoms with Crippen LogP contribution in [-0.4, -0.2) is 16.2 Å². The molecule has 0 aliphatic carbocycles. The number of nitrogen functional groups attached to an aromatic ring is 1. The zero-order valence-electron chi connectivity index (χ0n) is 6.14. The first-order valence-electron chi connectivity index (χ1n) is 2.92. The number of nitrogens with zero attached hydrogens (tertiary/aromatic N) is 2. The highest BCUT2D eigenvalue weighted by Crippen LogP contribution is 2.29. The van der Waals surface area contributed by atoms with E-state index >= 15 is 0 Å². The summed E-state index contributed by atoms with van der Waals surface area (Å²) < 4.78 is 0. The summed E-state index contributed by atoms with van der Waals surface area (Å²) in [5.41, 5.74) is 2.33. The number of anilines is 1. The van der Waals surface area contributed by atoms with Crippen LogP contribution in [0.15, 0.2) is 5.03 Å². The van der Waals surface area contributed by atoms with Gasteiger partial charge in [-0.15, -0.1) is 11.8 Å². The lowest BCUT2D eigenvalue weighted by molar-refractivity contribution is 1.04. The molecule has 0 aliphatic heterocycles. The summed E-state index contributed by atoms with van der Waals surface area (Å²) in [6.45, 7) is 0. The van der Waals surface area contributed by atoms with Crippen LogP contribution in [0.5, 0.6) is 0 Å². The van der Waals surface area contributed by atoms with Gasteiger partial charge in [0.05, 0.1) is 0 Å². The van der Waals surface area contributed by atoms with Gasteiger partial charge in [0, 0.05) is 0 Å². The predicted octanol–water partition coefficient (Wildman–Crippen LogP) is 1.79. The van der Waals surface area contributed by atoms with Gasteiger partial charge >= 0.3 is 0 Å². The largest absolute Gasteiger partial charge is 0.307 e. The van der Waals surface area contributed by atoms with E-state index < -0.39 is 0 Å². The Kier molecular flexibility index (Phi) is 3.39. The molecule has 0 amide bonds. The lowest BCUT2D eigenvalue weighted by Gasteiger charge is -2.04. The third kappa shape index (κ3) is 1.92. The number of aromatic nitrogens is 2. The maximum absolute atomic E-state index is 5.83. The summed E-state index contributed by atoms with van der Waals surface area (Å²) in [6.07, 6.45) is 1.84. The van der Waals surface area contributed by atoms with E-state index in [1.165, 1.54) is 11.8 Å². The van der Waals surface area contributed by atoms with E-state index in [2.05, 4.69) is 15.4 Å². The Hall–Kier alpha value is -0.230. The van der Waals surface area contributed by atoms with Gasteiger partial charge in [-0.1, -0.05) is 11.6 Å². The number of nitrogens with one attached hydrogen (secondary N) is 1. The quantitative estimate of drug-likeness (QED) is 0.264. The predicted molar refractivity (Wildman–Crippen MR) is 51.6 cm³/mol. The highest BCUT2D eigenvalue weighted by Gasteiger charge is 2.09. The standard InChI is InChI=1S/C5H6Cl2N4S/c1-12-4-2(6)3(11-8)9-5(7)10-4/h8H2,1H3,(H,9,10,11). The first kappa shape index (κ1) is 9.85. The van der Waals surface area contributed by atoms with Gasteiger partial charge in [0.15, 0.2) is 5.82 Å². The molecule has 66 valence electrons. The fourth-order valence-corrected chi connectivity index (χ4v) is 1.67. The Balaban J connectivity index is 3.22. The number of halogens is 2. The second kappa shape index (κ2) is 4.13. The molecule has 1 rings (SSSR count). The van der Waals surface area contributed by atoms with Crippen LogP contribution in [0.25, 0.3) is 0 Å². The molecule has 0 spiro atoms. The van der Waals surface area contributed by atoms with Gasteiger partial charge in [-0.2, -0.15) is 4.98 Å². The molecule has 4 nitrogen and oxygen atoms in total. The van der Waals surface area contributed by atoms with E-state index in [4.69, 9.17) is 29.0 Å². The molecule has 0 atom stereocenters. The Morgan fingerprint density at radius 1 is 1.42 bits per heavy atom. The summed E-state index contributed by atoms with van der Waals surface area (Å²) in [5, 5.41) is 1.11. The maximum atomic E-state index is 5.83. The van der Waals surface area contributed by atoms with E-state index in [0.29, 0.717) is 15.9 Å². The molecule has 0 bridgehead atoms. The SMILES string of the molecule is CSc1nc(Cl)nc(NN)c1Cl. The van der Waals surface area contributed by atoms with Gasteiger partial charge in [0.2, 0.25) is 5.28 Å². The van der Waals surface area contributed by atoms with Crippen LogP contribution in [0.3, 0.4) is 0 Å². The lowest BCUT2D eigenvalue weighted by Crippen LogP contribution is -2.10. The van der Waals surface area contributed by atoms with Crippen molar-refractivity contribution in [1.82, 2.24) is 9.97 Å². The lowest BCUT2D eigenvalue weighted by atomic mass is 10.6. The molecule has 12 heavy (non-hydrogen) atoms. The molecule has 3 N–H and O–H groups in total. The first-order valence-corrected chi connectivity index (χ1v) is 4.90. The monoisotopic (exact) mass is 224 g/mol. The van der Waals surface area contributed by atoms with Crippen LogP contribution in [0.4, 0.5) is 5.82 Å². The van der Waals surface area contributed by atoms with Crippen molar-refractivity contribution in [2.75, 3.05) is 11.7 Å². The third-order valence-corrected chi connectivity index (χ3v) is 2.44. The van der Waals surface area contributed by atoms with Gasteiger partial charge in [-0.05, 0) is 17.9 Å². The summed E-state index contributed by atoms with van der Waals surface area (Å²) in [7, 11) is 0. The number of thioether (sulfide) groups is 1. The van der Waals surface area contributed by atoms with Crippen molar-refractivity contribution in [3.8, 4) is 0 Å². The molecule has 0 unspecified atom stereocenters. The van der Waals surface area contributed by atoms with E-state index in [1.807, 2.05) is 6.26 Å². The second-order valence-corrected chi connectivity index (χ2v) is 3.32. The summed E-state index contributed by atoms with van der Waals surface area (Å²) in [4.78, 5) is 7.66. The second-order valence-electron chi connectivity index (χ2n) is 1.81. The van der Waals surface area contributed by atoms with Crippen LogP contribution in [0.1, 0.15) is 0 Å². The van der Waals surface area contributed by atoms with Gasteiger partial charge in [-0.3, -0.25) is 0 Å². The average Bonchev–Trinajstić information content (AvgIpc) is 2.08. The van der Waals surface area contributed by atoms with E-state index in [1.54, 1.807) is 0 Å². The fourth-order valence-electron chi connectivity index (χ4n) is 0.631. The minimum absolute atomic E-state index is 0.122. The van der Waals surface area contributed by atoms with E-state index in [0.717, 1.165) is 0 Å². The Morgan fingerprint density at radius 2 is 2.08 bits per heavy atom. The number of nitrogens with two attached hydrogens (primary N) is 1. The van der Waals surface area contributed by atoms with Crippen LogP contribution in [0.2, 0.25) is 10.3 Å². The summed E-state index contributed by atoms with van der Waals surface area (Å²) in [6, 6.07) is 0. The number of rotatable bonds is 2. The topological polar surface area (TPSA) is 63.8 Å². The fraction of sp³-hybridized carbons (Fsp3) is 0.200. The summed E-state index contributed by atoms with van der Waals surface area (Å²) in [5.74, 6) is 5.48. The maximum Gasteiger partial charge on any atom is 0.225 e. The Morgan fingerprint density at radius 3 is 2.58 bits per heavy atom. The molecule has 0 saturated heterocycles. The van der Waals surface area contributed by atoms with Crippen LogP contribution in [-0.2, 0) is 0 Å². The number of hydrogen-bond donors (Lipinski definition) is 2. The first-order chi connectivity index (χ1) is 5.69. The van der Waals surface area contributed by atoms with Gasteiger partial charge in [0.1, 0.15) is 10.0 Å². The van der Waals surface area contributed by atoms with Crippen molar-refractivity contribution >= 4 is 40.8 Å². The van der Waals surface area contributed by atoms with Crippen molar-refractivity contribution in [2.24, 2.45) is 5.84 Å². The van der Waals surface area contributed by atoms with Crippen LogP contribution < -0.4 is 11.3 Å². The van der Waals surface area contributed by atoms with E-state index in [-0.39, 0.29) is 5.28 Å². The van der Waals surface area contributed by atoms with Crippen LogP contribution >= 0.6 is 35.0 Å². The molecular formula is C5H6Cl2N4S. The molecule has 1 heterocycles. The van der Waals surface area contributed by atoms with Crippen molar-refractivity contribution in [1.29, 1.82) is 0 Å². The highest BCUT2D eigenvalue weighted by atomic mass is 35.5. The zero-order chi connectivity index (χ0) is 9.14. The van der Waals surface area contributed by atoms with Gasteiger partial charge in [-0.25, -0.2) is 10.8 Å². The van der Waals surface area contributed by atoms with E-state index in [9.17, 15) is 0 Å². The molecule has 0 aliphatic rings. The molecule has 0 aromatic carbocycles. The molecule has 0 radical (unpaired) electrons. The highest BCUT2D eigenvalue weighted by molar-refractivity contribution is 7.98. The number of hydrogen-bond acceptors (Lipinski definition) is 5. The van der Waals surface area contributed by atoms with Crippen molar-refractivity contribution < 1.29 is 0 Å². The van der Waals surface area contributed by atoms with Gasteiger partial charge < -0.3 is 5.43 Å². The molecule has 1 aromatic heterocycles. The minimum atomic E-state index is 0.122. The van der Waals surface area contributed by atoms with Gasteiger partial charge in [0.25, 0.3) is 0 Å². The molecule has 1 aromatic rings. The molecule has 7 heteroatoms. The van der Waals surface area contributed by atoms with Crippen molar-refractivity contribution in [3.05, 3.63) is 10.3 Å². The van der Waals surface area contributed by atoms with Crippen LogP contribution in [0, 0.1) is 0 Å². The third-order valence-electron chi connectivity index (χ3n) is 1.12. The average molecular weight is 225 g/mol. The molecular weight excluding hydrogens is 219 g/mol. The number of hydrazine groups is 1. The van der Waals surface area contributed by atoms with Crippen molar-refractivity contribution in [3.63, 3.8) is 0 Å². The normalized spacial score (nSPS) is 10.0. The Labute approximate surface area is 83.8 Å². The molecule has 0 saturated carbocycles. The zero-order valence-corrected chi connectivity index (χ0v) is 8.46. The minimum Gasteiger partial charge on any atom is -0.307 e. The Bertz CT molecular complexity index is 268. The van der Waals surface area contributed by atoms with Crippen molar-refractivity contribution in [2.45, 2.75) is 5.03 Å². The molecule has 0 fully saturated rings. The summed E-state index contributed by atoms with van der Waals surface area (Å²) >= 11 is 12.8. The smallest absolute Gasteiger partial charge is 0.225 e.